The van der Waals surface area contributed by atoms with Crippen molar-refractivity contribution in [3.8, 4) is 0 Å². The number of nitrogens with zero attached hydrogens (tertiary/aromatic N) is 1. The van der Waals surface area contributed by atoms with Crippen molar-refractivity contribution < 1.29 is 14.3 Å². The highest BCUT2D eigenvalue weighted by Gasteiger charge is 2.29. The van der Waals surface area contributed by atoms with Gasteiger partial charge in [-0.15, -0.1) is 0 Å². The average Bonchev–Trinajstić information content (AvgIpc) is 3.22. The van der Waals surface area contributed by atoms with E-state index in [0.29, 0.717) is 0 Å². The number of benzene rings is 1. The molecule has 0 bridgehead atoms. The molecule has 1 heterocycles. The van der Waals surface area contributed by atoms with Gasteiger partial charge in [0.25, 0.3) is 0 Å². The first kappa shape index (κ1) is 12.7. The molecule has 104 valence electrons. The van der Waals surface area contributed by atoms with E-state index in [9.17, 15) is 9.59 Å². The molecule has 5 nitrogen and oxygen atoms in total. The van der Waals surface area contributed by atoms with E-state index in [0.717, 1.165) is 29.4 Å². The third kappa shape index (κ3) is 2.52. The van der Waals surface area contributed by atoms with E-state index in [1.54, 1.807) is 0 Å². The highest BCUT2D eigenvalue weighted by Crippen LogP contribution is 2.30. The molecule has 1 N–H and O–H groups in total. The maximum Gasteiger partial charge on any atom is 0.325 e. The summed E-state index contributed by atoms with van der Waals surface area (Å²) in [6.07, 6.45) is 3.82. The van der Waals surface area contributed by atoms with E-state index in [1.165, 1.54) is 7.11 Å². The van der Waals surface area contributed by atoms with Crippen LogP contribution in [-0.2, 0) is 20.9 Å². The van der Waals surface area contributed by atoms with Crippen molar-refractivity contribution in [2.45, 2.75) is 19.4 Å². The maximum atomic E-state index is 11.7. The molecule has 0 spiro atoms. The second kappa shape index (κ2) is 5.00. The number of hydrogen-bond acceptors (Lipinski definition) is 3. The number of nitrogens with one attached hydrogen (secondary N) is 1. The topological polar surface area (TPSA) is 60.3 Å². The van der Waals surface area contributed by atoms with Crippen molar-refractivity contribution in [1.29, 1.82) is 0 Å². The number of amides is 1. The Bertz CT molecular complexity index is 671. The van der Waals surface area contributed by atoms with E-state index >= 15 is 0 Å². The summed E-state index contributed by atoms with van der Waals surface area (Å²) in [5, 5.41) is 3.91. The van der Waals surface area contributed by atoms with Crippen molar-refractivity contribution in [2.24, 2.45) is 5.92 Å². The van der Waals surface area contributed by atoms with Crippen molar-refractivity contribution in [2.75, 3.05) is 12.4 Å². The molecular weight excluding hydrogens is 256 g/mol. The SMILES string of the molecule is COC(=O)Cn1ccc2cc(NC(=O)C3CC3)ccc21. The van der Waals surface area contributed by atoms with Gasteiger partial charge in [0.05, 0.1) is 7.11 Å². The van der Waals surface area contributed by atoms with Gasteiger partial charge in [0.1, 0.15) is 6.54 Å². The average molecular weight is 272 g/mol. The fourth-order valence-electron chi connectivity index (χ4n) is 2.21. The molecule has 1 aliphatic carbocycles. The molecule has 1 fully saturated rings. The van der Waals surface area contributed by atoms with Crippen LogP contribution in [0.5, 0.6) is 0 Å². The second-order valence-corrected chi connectivity index (χ2v) is 5.06. The minimum absolute atomic E-state index is 0.0957. The van der Waals surface area contributed by atoms with Crippen molar-refractivity contribution in [1.82, 2.24) is 4.57 Å². The lowest BCUT2D eigenvalue weighted by atomic mass is 10.2. The van der Waals surface area contributed by atoms with Gasteiger partial charge in [-0.25, -0.2) is 0 Å². The zero-order valence-electron chi connectivity index (χ0n) is 11.3. The van der Waals surface area contributed by atoms with Gasteiger partial charge in [-0.2, -0.15) is 0 Å². The summed E-state index contributed by atoms with van der Waals surface area (Å²) in [6, 6.07) is 7.60. The van der Waals surface area contributed by atoms with Crippen LogP contribution in [0.4, 0.5) is 5.69 Å². The molecule has 1 amide bonds. The smallest absolute Gasteiger partial charge is 0.325 e. The third-order valence-electron chi connectivity index (χ3n) is 3.51. The Morgan fingerprint density at radius 2 is 2.15 bits per heavy atom. The summed E-state index contributed by atoms with van der Waals surface area (Å²) in [6.45, 7) is 0.188. The molecule has 0 unspecified atom stereocenters. The van der Waals surface area contributed by atoms with Gasteiger partial charge in [0.15, 0.2) is 0 Å². The summed E-state index contributed by atoms with van der Waals surface area (Å²) < 4.78 is 6.49. The molecule has 5 heteroatoms. The van der Waals surface area contributed by atoms with Gasteiger partial charge in [-0.3, -0.25) is 9.59 Å². The number of aromatic nitrogens is 1. The van der Waals surface area contributed by atoms with Crippen LogP contribution in [0, 0.1) is 5.92 Å². The molecule has 1 aliphatic rings. The monoisotopic (exact) mass is 272 g/mol. The summed E-state index contributed by atoms with van der Waals surface area (Å²) in [5.41, 5.74) is 1.74. The lowest BCUT2D eigenvalue weighted by molar-refractivity contribution is -0.141. The first-order chi connectivity index (χ1) is 9.67. The van der Waals surface area contributed by atoms with Gasteiger partial charge in [-0.1, -0.05) is 0 Å². The zero-order valence-corrected chi connectivity index (χ0v) is 11.3. The Hall–Kier alpha value is -2.30. The number of carbonyl (C=O) groups is 2. The molecule has 0 radical (unpaired) electrons. The Kier molecular flexibility index (Phi) is 3.18. The van der Waals surface area contributed by atoms with Crippen LogP contribution < -0.4 is 5.32 Å². The zero-order chi connectivity index (χ0) is 14.1. The van der Waals surface area contributed by atoms with Gasteiger partial charge >= 0.3 is 5.97 Å². The predicted octanol–water partition coefficient (Wildman–Crippen LogP) is 2.16. The lowest BCUT2D eigenvalue weighted by Gasteiger charge is -2.06. The fourth-order valence-corrected chi connectivity index (χ4v) is 2.21. The number of rotatable bonds is 4. The summed E-state index contributed by atoms with van der Waals surface area (Å²) in [7, 11) is 1.37. The summed E-state index contributed by atoms with van der Waals surface area (Å²) in [5.74, 6) is 0.00146. The quantitative estimate of drug-likeness (QED) is 0.868. The van der Waals surface area contributed by atoms with E-state index < -0.39 is 0 Å². The predicted molar refractivity (Wildman–Crippen MR) is 75.3 cm³/mol. The van der Waals surface area contributed by atoms with Gasteiger partial charge in [0, 0.05) is 28.7 Å². The Morgan fingerprint density at radius 1 is 1.35 bits per heavy atom. The molecule has 1 aromatic carbocycles. The molecule has 0 saturated heterocycles. The van der Waals surface area contributed by atoms with Crippen molar-refractivity contribution in [3.63, 3.8) is 0 Å². The number of methoxy groups -OCH3 is 1. The maximum absolute atomic E-state index is 11.7. The highest BCUT2D eigenvalue weighted by molar-refractivity contribution is 5.96. The van der Waals surface area contributed by atoms with Crippen molar-refractivity contribution >= 4 is 28.5 Å². The molecule has 3 rings (SSSR count). The Morgan fingerprint density at radius 3 is 2.85 bits per heavy atom. The van der Waals surface area contributed by atoms with Gasteiger partial charge < -0.3 is 14.6 Å². The molecule has 0 atom stereocenters. The normalized spacial score (nSPS) is 14.2. The number of fused-ring (bicyclic) bond motifs is 1. The van der Waals surface area contributed by atoms with Gasteiger partial charge in [-0.05, 0) is 37.1 Å². The molecular formula is C15H16N2O3. The molecule has 2 aromatic rings. The van der Waals surface area contributed by atoms with Crippen LogP contribution in [-0.4, -0.2) is 23.6 Å². The van der Waals surface area contributed by atoms with Crippen LogP contribution in [0.2, 0.25) is 0 Å². The van der Waals surface area contributed by atoms with Crippen molar-refractivity contribution in [3.05, 3.63) is 30.5 Å². The van der Waals surface area contributed by atoms with E-state index in [4.69, 9.17) is 0 Å². The molecule has 0 aliphatic heterocycles. The lowest BCUT2D eigenvalue weighted by Crippen LogP contribution is -2.13. The van der Waals surface area contributed by atoms with E-state index in [1.807, 2.05) is 35.0 Å². The largest absolute Gasteiger partial charge is 0.468 e. The summed E-state index contributed by atoms with van der Waals surface area (Å²) >= 11 is 0. The number of esters is 1. The first-order valence-corrected chi connectivity index (χ1v) is 6.64. The van der Waals surface area contributed by atoms with Crippen LogP contribution >= 0.6 is 0 Å². The molecule has 1 saturated carbocycles. The fraction of sp³-hybridized carbons (Fsp3) is 0.333. The number of hydrogen-bond donors (Lipinski definition) is 1. The number of anilines is 1. The minimum atomic E-state index is -0.284. The second-order valence-electron chi connectivity index (χ2n) is 5.06. The van der Waals surface area contributed by atoms with Crippen LogP contribution in [0.25, 0.3) is 10.9 Å². The Labute approximate surface area is 116 Å². The number of ether oxygens (including phenoxy) is 1. The molecule has 1 aromatic heterocycles. The summed E-state index contributed by atoms with van der Waals surface area (Å²) in [4.78, 5) is 23.0. The third-order valence-corrected chi connectivity index (χ3v) is 3.51. The van der Waals surface area contributed by atoms with Crippen LogP contribution in [0.1, 0.15) is 12.8 Å². The minimum Gasteiger partial charge on any atom is -0.468 e. The van der Waals surface area contributed by atoms with Gasteiger partial charge in [0.2, 0.25) is 5.91 Å². The standard InChI is InChI=1S/C15H16N2O3/c1-20-14(18)9-17-7-6-11-8-12(4-5-13(11)17)16-15(19)10-2-3-10/h4-8,10H,2-3,9H2,1H3,(H,16,19). The first-order valence-electron chi connectivity index (χ1n) is 6.64. The number of carbonyl (C=O) groups excluding carboxylic acids is 2. The van der Waals surface area contributed by atoms with E-state index in [-0.39, 0.29) is 24.3 Å². The van der Waals surface area contributed by atoms with Crippen LogP contribution in [0.15, 0.2) is 30.5 Å². The Balaban J connectivity index is 1.81. The van der Waals surface area contributed by atoms with Crippen LogP contribution in [0.3, 0.4) is 0 Å². The highest BCUT2D eigenvalue weighted by atomic mass is 16.5. The molecule has 20 heavy (non-hydrogen) atoms. The van der Waals surface area contributed by atoms with E-state index in [2.05, 4.69) is 10.1 Å².